The van der Waals surface area contributed by atoms with Gasteiger partial charge in [-0.05, 0) is 32.4 Å². The van der Waals surface area contributed by atoms with Crippen molar-refractivity contribution in [3.05, 3.63) is 29.8 Å². The van der Waals surface area contributed by atoms with Crippen LogP contribution < -0.4 is 10.1 Å². The van der Waals surface area contributed by atoms with Crippen molar-refractivity contribution in [2.45, 2.75) is 31.4 Å². The van der Waals surface area contributed by atoms with Gasteiger partial charge in [0.25, 0.3) is 0 Å². The Kier molecular flexibility index (Phi) is 4.64. The predicted molar refractivity (Wildman–Crippen MR) is 84.1 cm³/mol. The highest BCUT2D eigenvalue weighted by Crippen LogP contribution is 2.34. The van der Waals surface area contributed by atoms with E-state index in [1.165, 1.54) is 0 Å². The summed E-state index contributed by atoms with van der Waals surface area (Å²) in [5.41, 5.74) is 1.09. The minimum Gasteiger partial charge on any atom is -0.490 e. The number of benzene rings is 1. The summed E-state index contributed by atoms with van der Waals surface area (Å²) in [5.74, 6) is -0.120. The Balaban J connectivity index is 1.69. The van der Waals surface area contributed by atoms with Gasteiger partial charge in [0.1, 0.15) is 11.9 Å². The van der Waals surface area contributed by atoms with Gasteiger partial charge in [-0.1, -0.05) is 18.2 Å². The van der Waals surface area contributed by atoms with Crippen molar-refractivity contribution < 1.29 is 14.6 Å². The molecule has 2 saturated heterocycles. The van der Waals surface area contributed by atoms with Gasteiger partial charge in [0.15, 0.2) is 0 Å². The molecule has 3 rings (SSSR count). The van der Waals surface area contributed by atoms with Crippen LogP contribution in [0.1, 0.15) is 30.9 Å². The van der Waals surface area contributed by atoms with E-state index in [1.807, 2.05) is 24.3 Å². The number of hydrogen-bond acceptors (Lipinski definition) is 4. The van der Waals surface area contributed by atoms with Crippen LogP contribution >= 0.6 is 0 Å². The van der Waals surface area contributed by atoms with Gasteiger partial charge in [-0.25, -0.2) is 0 Å². The smallest absolute Gasteiger partial charge is 0.307 e. The molecule has 1 aromatic carbocycles. The molecule has 2 heterocycles. The van der Waals surface area contributed by atoms with Crippen LogP contribution in [-0.4, -0.2) is 48.8 Å². The lowest BCUT2D eigenvalue weighted by Crippen LogP contribution is -2.35. The highest BCUT2D eigenvalue weighted by atomic mass is 16.5. The molecule has 5 heteroatoms. The highest BCUT2D eigenvalue weighted by Gasteiger charge is 2.32. The van der Waals surface area contributed by atoms with Crippen LogP contribution in [0.25, 0.3) is 0 Å². The molecule has 1 aromatic rings. The average molecular weight is 304 g/mol. The Morgan fingerprint density at radius 1 is 1.32 bits per heavy atom. The molecule has 0 amide bonds. The SMILES string of the molecule is CN1CCC(Oc2ccccc2C2CC(C(=O)O)CN2)CC1. The fraction of sp³-hybridized carbons (Fsp3) is 0.588. The second kappa shape index (κ2) is 6.67. The van der Waals surface area contributed by atoms with E-state index in [2.05, 4.69) is 17.3 Å². The van der Waals surface area contributed by atoms with Crippen LogP contribution in [0.2, 0.25) is 0 Å². The fourth-order valence-corrected chi connectivity index (χ4v) is 3.32. The third-order valence-corrected chi connectivity index (χ3v) is 4.73. The zero-order valence-corrected chi connectivity index (χ0v) is 13.0. The molecule has 2 fully saturated rings. The normalized spacial score (nSPS) is 27.0. The average Bonchev–Trinajstić information content (AvgIpc) is 3.00. The molecular formula is C17H24N2O3. The van der Waals surface area contributed by atoms with Crippen molar-refractivity contribution in [2.24, 2.45) is 5.92 Å². The van der Waals surface area contributed by atoms with E-state index in [0.29, 0.717) is 13.0 Å². The number of carboxylic acids is 1. The van der Waals surface area contributed by atoms with Crippen LogP contribution in [-0.2, 0) is 4.79 Å². The summed E-state index contributed by atoms with van der Waals surface area (Å²) in [5, 5.41) is 12.5. The van der Waals surface area contributed by atoms with Gasteiger partial charge in [0, 0.05) is 31.2 Å². The monoisotopic (exact) mass is 304 g/mol. The number of likely N-dealkylation sites (tertiary alicyclic amines) is 1. The summed E-state index contributed by atoms with van der Waals surface area (Å²) in [6.45, 7) is 2.66. The number of hydrogen-bond donors (Lipinski definition) is 2. The lowest BCUT2D eigenvalue weighted by atomic mass is 9.99. The largest absolute Gasteiger partial charge is 0.490 e. The number of carboxylic acid groups (broad SMARTS) is 1. The summed E-state index contributed by atoms with van der Waals surface area (Å²) in [6, 6.07) is 8.10. The molecule has 0 aliphatic carbocycles. The number of para-hydroxylation sites is 1. The number of piperidine rings is 1. The molecule has 0 spiro atoms. The number of nitrogens with one attached hydrogen (secondary N) is 1. The zero-order valence-electron chi connectivity index (χ0n) is 13.0. The number of nitrogens with zero attached hydrogens (tertiary/aromatic N) is 1. The van der Waals surface area contributed by atoms with Gasteiger partial charge in [0.05, 0.1) is 5.92 Å². The minimum atomic E-state index is -0.719. The van der Waals surface area contributed by atoms with Crippen molar-refractivity contribution in [3.8, 4) is 5.75 Å². The van der Waals surface area contributed by atoms with Crippen molar-refractivity contribution >= 4 is 5.97 Å². The lowest BCUT2D eigenvalue weighted by Gasteiger charge is -2.30. The first-order chi connectivity index (χ1) is 10.6. The van der Waals surface area contributed by atoms with E-state index in [0.717, 1.165) is 37.2 Å². The highest BCUT2D eigenvalue weighted by molar-refractivity contribution is 5.71. The Morgan fingerprint density at radius 2 is 2.05 bits per heavy atom. The van der Waals surface area contributed by atoms with E-state index < -0.39 is 5.97 Å². The topological polar surface area (TPSA) is 61.8 Å². The second-order valence-electron chi connectivity index (χ2n) is 6.39. The molecule has 0 saturated carbocycles. The first-order valence-electron chi connectivity index (χ1n) is 8.04. The molecule has 2 aliphatic rings. The van der Waals surface area contributed by atoms with Crippen molar-refractivity contribution in [3.63, 3.8) is 0 Å². The first kappa shape index (κ1) is 15.3. The molecule has 2 aliphatic heterocycles. The van der Waals surface area contributed by atoms with Crippen LogP contribution in [0.15, 0.2) is 24.3 Å². The minimum absolute atomic E-state index is 0.0727. The zero-order chi connectivity index (χ0) is 15.5. The van der Waals surface area contributed by atoms with Gasteiger partial charge >= 0.3 is 5.97 Å². The molecule has 2 N–H and O–H groups in total. The van der Waals surface area contributed by atoms with Crippen molar-refractivity contribution in [1.82, 2.24) is 10.2 Å². The van der Waals surface area contributed by atoms with Gasteiger partial charge in [-0.3, -0.25) is 4.79 Å². The molecule has 0 radical (unpaired) electrons. The second-order valence-corrected chi connectivity index (χ2v) is 6.39. The maximum Gasteiger partial charge on any atom is 0.307 e. The van der Waals surface area contributed by atoms with Crippen LogP contribution in [0, 0.1) is 5.92 Å². The number of aliphatic carboxylic acids is 1. The fourth-order valence-electron chi connectivity index (χ4n) is 3.32. The van der Waals surface area contributed by atoms with E-state index in [4.69, 9.17) is 9.84 Å². The van der Waals surface area contributed by atoms with Crippen molar-refractivity contribution in [1.29, 1.82) is 0 Å². The predicted octanol–water partition coefficient (Wildman–Crippen LogP) is 1.89. The van der Waals surface area contributed by atoms with E-state index >= 15 is 0 Å². The molecule has 2 atom stereocenters. The Bertz CT molecular complexity index is 526. The molecule has 0 bridgehead atoms. The number of rotatable bonds is 4. The number of carbonyl (C=O) groups is 1. The van der Waals surface area contributed by atoms with Crippen LogP contribution in [0.5, 0.6) is 5.75 Å². The molecular weight excluding hydrogens is 280 g/mol. The maximum atomic E-state index is 11.1. The first-order valence-corrected chi connectivity index (χ1v) is 8.04. The van der Waals surface area contributed by atoms with Gasteiger partial charge in [-0.2, -0.15) is 0 Å². The van der Waals surface area contributed by atoms with Crippen LogP contribution in [0.3, 0.4) is 0 Å². The van der Waals surface area contributed by atoms with Crippen LogP contribution in [0.4, 0.5) is 0 Å². The summed E-state index contributed by atoms with van der Waals surface area (Å²) >= 11 is 0. The van der Waals surface area contributed by atoms with Gasteiger partial charge < -0.3 is 20.1 Å². The molecule has 22 heavy (non-hydrogen) atoms. The molecule has 5 nitrogen and oxygen atoms in total. The third kappa shape index (κ3) is 3.42. The Morgan fingerprint density at radius 3 is 2.73 bits per heavy atom. The standard InChI is InChI=1S/C17H24N2O3/c1-19-8-6-13(7-9-19)22-16-5-3-2-4-14(16)15-10-12(11-18-15)17(20)21/h2-5,12-13,15,18H,6-11H2,1H3,(H,20,21). The summed E-state index contributed by atoms with van der Waals surface area (Å²) in [4.78, 5) is 13.5. The quantitative estimate of drug-likeness (QED) is 0.889. The number of ether oxygens (including phenoxy) is 1. The molecule has 0 aromatic heterocycles. The van der Waals surface area contributed by atoms with E-state index in [-0.39, 0.29) is 18.1 Å². The maximum absolute atomic E-state index is 11.1. The summed E-state index contributed by atoms with van der Waals surface area (Å²) in [7, 11) is 2.14. The summed E-state index contributed by atoms with van der Waals surface area (Å²) < 4.78 is 6.23. The molecule has 2 unspecified atom stereocenters. The van der Waals surface area contributed by atoms with E-state index in [9.17, 15) is 4.79 Å². The Hall–Kier alpha value is -1.59. The van der Waals surface area contributed by atoms with Gasteiger partial charge in [-0.15, -0.1) is 0 Å². The van der Waals surface area contributed by atoms with E-state index in [1.54, 1.807) is 0 Å². The summed E-state index contributed by atoms with van der Waals surface area (Å²) in [6.07, 6.45) is 2.97. The third-order valence-electron chi connectivity index (χ3n) is 4.73. The van der Waals surface area contributed by atoms with Crippen molar-refractivity contribution in [2.75, 3.05) is 26.7 Å². The molecule has 120 valence electrons. The lowest BCUT2D eigenvalue weighted by molar-refractivity contribution is -0.141. The Labute approximate surface area is 131 Å². The van der Waals surface area contributed by atoms with Gasteiger partial charge in [0.2, 0.25) is 0 Å².